The van der Waals surface area contributed by atoms with Crippen LogP contribution in [0.4, 0.5) is 0 Å². The third-order valence-electron chi connectivity index (χ3n) is 6.53. The number of aromatic nitrogens is 2. The van der Waals surface area contributed by atoms with Crippen molar-refractivity contribution in [1.29, 1.82) is 0 Å². The molecule has 0 aliphatic carbocycles. The zero-order chi connectivity index (χ0) is 28.0. The van der Waals surface area contributed by atoms with Crippen LogP contribution in [-0.2, 0) is 36.8 Å². The molecule has 2 aromatic carbocycles. The molecule has 0 radical (unpaired) electrons. The Morgan fingerprint density at radius 2 is 1.82 bits per heavy atom. The van der Waals surface area contributed by atoms with Gasteiger partial charge in [-0.1, -0.05) is 62.4 Å². The van der Waals surface area contributed by atoms with Crippen molar-refractivity contribution in [3.05, 3.63) is 78.1 Å². The molecule has 3 heterocycles. The summed E-state index contributed by atoms with van der Waals surface area (Å²) in [4.78, 5) is 30.0. The van der Waals surface area contributed by atoms with Crippen molar-refractivity contribution in [2.75, 3.05) is 13.2 Å². The molecule has 1 fully saturated rings. The maximum Gasteiger partial charge on any atom is 0.326 e. The highest BCUT2D eigenvalue weighted by atomic mass is 16.7. The number of hydrogen-bond donors (Lipinski definition) is 3. The number of para-hydroxylation sites is 1. The molecule has 9 heteroatoms. The topological polar surface area (TPSA) is 137 Å². The van der Waals surface area contributed by atoms with E-state index >= 15 is 0 Å². The van der Waals surface area contributed by atoms with E-state index in [0.717, 1.165) is 42.4 Å². The molecule has 1 aliphatic rings. The Balaban J connectivity index is 0.000000188. The van der Waals surface area contributed by atoms with Crippen LogP contribution in [0, 0.1) is 5.41 Å². The third-order valence-corrected chi connectivity index (χ3v) is 6.53. The Labute approximate surface area is 227 Å². The molecule has 2 atom stereocenters. The Morgan fingerprint density at radius 3 is 2.51 bits per heavy atom. The van der Waals surface area contributed by atoms with Crippen LogP contribution in [0.25, 0.3) is 21.8 Å². The second-order valence-electron chi connectivity index (χ2n) is 10.7. The second kappa shape index (κ2) is 12.0. The summed E-state index contributed by atoms with van der Waals surface area (Å²) in [6.07, 6.45) is 2.55. The van der Waals surface area contributed by atoms with Gasteiger partial charge in [-0.3, -0.25) is 9.78 Å². The van der Waals surface area contributed by atoms with E-state index in [9.17, 15) is 14.7 Å². The number of nitrogens with one attached hydrogen (secondary N) is 1. The Morgan fingerprint density at radius 1 is 1.15 bits per heavy atom. The Kier molecular flexibility index (Phi) is 8.76. The van der Waals surface area contributed by atoms with Gasteiger partial charge in [-0.2, -0.15) is 0 Å². The van der Waals surface area contributed by atoms with Gasteiger partial charge in [-0.25, -0.2) is 0 Å². The quantitative estimate of drug-likeness (QED) is 0.242. The summed E-state index contributed by atoms with van der Waals surface area (Å²) >= 11 is 0. The first kappa shape index (κ1) is 28.4. The number of fused-ring (bicyclic) bond motifs is 3. The van der Waals surface area contributed by atoms with E-state index in [1.54, 1.807) is 12.1 Å². The van der Waals surface area contributed by atoms with Gasteiger partial charge in [-0.15, -0.1) is 0 Å². The van der Waals surface area contributed by atoms with Gasteiger partial charge in [0.15, 0.2) is 12.6 Å². The van der Waals surface area contributed by atoms with Gasteiger partial charge in [0.2, 0.25) is 0 Å². The minimum Gasteiger partial charge on any atom is -0.460 e. The molecule has 1 saturated heterocycles. The number of esters is 1. The SMILES string of the molecule is CC(O)(C=O)C(N)C(=O)OCc1ccccc1.CC1(C)COC(Cc2nccc3c2[nH]c2ccccc23)OC1. The standard InChI is InChI=1S/C18H20N2O2.C12H15NO4/c1-18(2)10-21-16(22-11-18)9-15-17-13(7-8-19-15)12-5-3-4-6-14(12)20-17;1-12(16,8-14)10(13)11(15)17-7-9-5-3-2-4-6-9/h3-8,16,20H,9-11H2,1-2H3;2-6,8,10,16H,7,13H2,1H3. The zero-order valence-corrected chi connectivity index (χ0v) is 22.4. The van der Waals surface area contributed by atoms with Crippen molar-refractivity contribution >= 4 is 34.1 Å². The minimum atomic E-state index is -1.91. The lowest BCUT2D eigenvalue weighted by molar-refractivity contribution is -0.220. The number of carbonyl (C=O) groups is 2. The molecular weight excluding hydrogens is 498 g/mol. The van der Waals surface area contributed by atoms with Crippen LogP contribution in [0.15, 0.2) is 66.9 Å². The van der Waals surface area contributed by atoms with Crippen LogP contribution >= 0.6 is 0 Å². The summed E-state index contributed by atoms with van der Waals surface area (Å²) < 4.78 is 16.6. The molecule has 0 saturated carbocycles. The first-order valence-corrected chi connectivity index (χ1v) is 12.8. The average molecular weight is 534 g/mol. The molecule has 1 aliphatic heterocycles. The first-order chi connectivity index (χ1) is 18.6. The van der Waals surface area contributed by atoms with E-state index < -0.39 is 17.6 Å². The van der Waals surface area contributed by atoms with Crippen molar-refractivity contribution in [1.82, 2.24) is 9.97 Å². The summed E-state index contributed by atoms with van der Waals surface area (Å²) in [6, 6.07) is 18.0. The number of nitrogens with zero attached hydrogens (tertiary/aromatic N) is 1. The Hall–Kier alpha value is -3.63. The number of H-pyrrole nitrogens is 1. The molecule has 0 bridgehead atoms. The second-order valence-corrected chi connectivity index (χ2v) is 10.7. The summed E-state index contributed by atoms with van der Waals surface area (Å²) in [5.41, 5.74) is 7.62. The van der Waals surface area contributed by atoms with Crippen LogP contribution in [0.3, 0.4) is 0 Å². The van der Waals surface area contributed by atoms with E-state index in [-0.39, 0.29) is 24.6 Å². The smallest absolute Gasteiger partial charge is 0.326 e. The number of carbonyl (C=O) groups excluding carboxylic acids is 2. The number of aromatic amines is 1. The molecule has 2 aromatic heterocycles. The minimum absolute atomic E-state index is 0.0578. The van der Waals surface area contributed by atoms with Gasteiger partial charge in [0, 0.05) is 34.3 Å². The lowest BCUT2D eigenvalue weighted by Crippen LogP contribution is -2.52. The molecular formula is C30H35N3O6. The maximum absolute atomic E-state index is 11.5. The highest BCUT2D eigenvalue weighted by molar-refractivity contribution is 6.07. The largest absolute Gasteiger partial charge is 0.460 e. The summed E-state index contributed by atoms with van der Waals surface area (Å²) in [6.45, 7) is 6.97. The summed E-state index contributed by atoms with van der Waals surface area (Å²) in [7, 11) is 0. The predicted octanol–water partition coefficient (Wildman–Crippen LogP) is 3.66. The molecule has 2 unspecified atom stereocenters. The summed E-state index contributed by atoms with van der Waals surface area (Å²) in [5, 5.41) is 11.9. The number of hydrogen-bond acceptors (Lipinski definition) is 8. The van der Waals surface area contributed by atoms with E-state index in [2.05, 4.69) is 48.1 Å². The summed E-state index contributed by atoms with van der Waals surface area (Å²) in [5.74, 6) is -0.814. The average Bonchev–Trinajstić information content (AvgIpc) is 3.33. The van der Waals surface area contributed by atoms with Gasteiger partial charge in [0.25, 0.3) is 0 Å². The van der Waals surface area contributed by atoms with Crippen molar-refractivity contribution < 1.29 is 28.9 Å². The van der Waals surface area contributed by atoms with Gasteiger partial charge in [0.05, 0.1) is 24.4 Å². The number of ether oxygens (including phenoxy) is 3. The monoisotopic (exact) mass is 533 g/mol. The zero-order valence-electron chi connectivity index (χ0n) is 22.4. The number of pyridine rings is 1. The fraction of sp³-hybridized carbons (Fsp3) is 0.367. The predicted molar refractivity (Wildman–Crippen MR) is 148 cm³/mol. The van der Waals surface area contributed by atoms with Crippen LogP contribution in [0.5, 0.6) is 0 Å². The number of rotatable bonds is 7. The lowest BCUT2D eigenvalue weighted by Gasteiger charge is -2.34. The molecule has 9 nitrogen and oxygen atoms in total. The molecule has 5 rings (SSSR count). The van der Waals surface area contributed by atoms with Crippen LogP contribution in [-0.4, -0.2) is 58.5 Å². The highest BCUT2D eigenvalue weighted by Crippen LogP contribution is 2.29. The van der Waals surface area contributed by atoms with Crippen LogP contribution in [0.1, 0.15) is 32.0 Å². The lowest BCUT2D eigenvalue weighted by atomic mass is 9.95. The van der Waals surface area contributed by atoms with E-state index in [1.165, 1.54) is 10.8 Å². The number of benzene rings is 2. The normalized spacial score (nSPS) is 17.6. The van der Waals surface area contributed by atoms with Crippen molar-refractivity contribution in [2.45, 2.75) is 51.7 Å². The van der Waals surface area contributed by atoms with Gasteiger partial charge < -0.3 is 34.8 Å². The molecule has 4 N–H and O–H groups in total. The highest BCUT2D eigenvalue weighted by Gasteiger charge is 2.35. The number of nitrogens with two attached hydrogens (primary N) is 1. The first-order valence-electron chi connectivity index (χ1n) is 12.8. The van der Waals surface area contributed by atoms with Crippen molar-refractivity contribution in [2.24, 2.45) is 11.1 Å². The maximum atomic E-state index is 11.5. The molecule has 4 aromatic rings. The van der Waals surface area contributed by atoms with Crippen LogP contribution in [0.2, 0.25) is 0 Å². The molecule has 39 heavy (non-hydrogen) atoms. The van der Waals surface area contributed by atoms with Crippen molar-refractivity contribution in [3.63, 3.8) is 0 Å². The molecule has 206 valence electrons. The van der Waals surface area contributed by atoms with Crippen LogP contribution < -0.4 is 5.73 Å². The van der Waals surface area contributed by atoms with E-state index in [0.29, 0.717) is 6.42 Å². The van der Waals surface area contributed by atoms with Gasteiger partial charge >= 0.3 is 5.97 Å². The van der Waals surface area contributed by atoms with E-state index in [1.807, 2.05) is 30.5 Å². The number of aldehydes is 1. The van der Waals surface area contributed by atoms with E-state index in [4.69, 9.17) is 19.9 Å². The Bertz CT molecular complexity index is 1410. The van der Waals surface area contributed by atoms with Crippen molar-refractivity contribution in [3.8, 4) is 0 Å². The number of aliphatic hydroxyl groups is 1. The fourth-order valence-electron chi connectivity index (χ4n) is 4.12. The molecule has 0 spiro atoms. The van der Waals surface area contributed by atoms with Gasteiger partial charge in [-0.05, 0) is 24.6 Å². The fourth-order valence-corrected chi connectivity index (χ4v) is 4.12. The third kappa shape index (κ3) is 7.07. The molecule has 0 amide bonds. The van der Waals surface area contributed by atoms with Gasteiger partial charge in [0.1, 0.15) is 18.2 Å².